The number of fused-ring (bicyclic) bond motifs is 1. The molecular formula is C21H25ClN6OS. The number of rotatable bonds is 4. The molecule has 30 heavy (non-hydrogen) atoms. The van der Waals surface area contributed by atoms with Crippen LogP contribution >= 0.6 is 22.9 Å². The van der Waals surface area contributed by atoms with Crippen LogP contribution in [0, 0.1) is 0 Å². The van der Waals surface area contributed by atoms with Gasteiger partial charge in [-0.3, -0.25) is 14.1 Å². The highest BCUT2D eigenvalue weighted by Crippen LogP contribution is 2.23. The molecule has 0 radical (unpaired) electrons. The fraction of sp³-hybridized carbons (Fsp3) is 0.476. The Morgan fingerprint density at radius 1 is 1.07 bits per heavy atom. The lowest BCUT2D eigenvalue weighted by Gasteiger charge is -2.35. The topological polar surface area (TPSA) is 57.0 Å². The van der Waals surface area contributed by atoms with E-state index in [1.165, 1.54) is 6.42 Å². The number of anilines is 1. The van der Waals surface area contributed by atoms with Gasteiger partial charge in [0, 0.05) is 63.6 Å². The van der Waals surface area contributed by atoms with Crippen LogP contribution in [0.4, 0.5) is 5.82 Å². The number of piperidine rings is 1. The first-order chi connectivity index (χ1) is 14.7. The van der Waals surface area contributed by atoms with E-state index < -0.39 is 0 Å². The number of aromatic nitrogens is 3. The molecule has 0 aliphatic carbocycles. The number of thiazole rings is 1. The summed E-state index contributed by atoms with van der Waals surface area (Å²) >= 11 is 7.54. The highest BCUT2D eigenvalue weighted by Gasteiger charge is 2.27. The Morgan fingerprint density at radius 2 is 1.87 bits per heavy atom. The minimum absolute atomic E-state index is 0.0876. The molecule has 0 saturated carbocycles. The van der Waals surface area contributed by atoms with Crippen LogP contribution in [0.2, 0.25) is 5.02 Å². The molecule has 3 aromatic rings. The molecule has 158 valence electrons. The van der Waals surface area contributed by atoms with Crippen molar-refractivity contribution < 1.29 is 4.79 Å². The normalized spacial score (nSPS) is 18.3. The minimum atomic E-state index is 0.0876. The van der Waals surface area contributed by atoms with Crippen molar-refractivity contribution in [1.82, 2.24) is 24.2 Å². The van der Waals surface area contributed by atoms with Crippen LogP contribution in [0.3, 0.4) is 0 Å². The highest BCUT2D eigenvalue weighted by molar-refractivity contribution is 7.15. The van der Waals surface area contributed by atoms with Crippen molar-refractivity contribution in [3.8, 4) is 0 Å². The van der Waals surface area contributed by atoms with Gasteiger partial charge in [-0.1, -0.05) is 11.6 Å². The molecule has 2 aliphatic rings. The summed E-state index contributed by atoms with van der Waals surface area (Å²) in [6.45, 7) is 6.05. The summed E-state index contributed by atoms with van der Waals surface area (Å²) < 4.78 is 2.09. The van der Waals surface area contributed by atoms with E-state index in [1.807, 2.05) is 28.6 Å². The van der Waals surface area contributed by atoms with Crippen molar-refractivity contribution in [3.63, 3.8) is 0 Å². The Kier molecular flexibility index (Phi) is 5.62. The molecule has 0 unspecified atom stereocenters. The fourth-order valence-electron chi connectivity index (χ4n) is 4.30. The van der Waals surface area contributed by atoms with E-state index in [0.29, 0.717) is 10.7 Å². The van der Waals surface area contributed by atoms with Crippen molar-refractivity contribution in [2.45, 2.75) is 25.8 Å². The van der Waals surface area contributed by atoms with Gasteiger partial charge in [0.2, 0.25) is 0 Å². The minimum Gasteiger partial charge on any atom is -0.354 e. The molecule has 3 aromatic heterocycles. The van der Waals surface area contributed by atoms with E-state index >= 15 is 0 Å². The summed E-state index contributed by atoms with van der Waals surface area (Å²) in [5.41, 5.74) is 1.64. The van der Waals surface area contributed by atoms with Gasteiger partial charge < -0.3 is 9.80 Å². The lowest BCUT2D eigenvalue weighted by molar-refractivity contribution is 0.0716. The number of carbonyl (C=O) groups excluding carboxylic acids is 1. The summed E-state index contributed by atoms with van der Waals surface area (Å²) in [6.07, 6.45) is 7.11. The van der Waals surface area contributed by atoms with Crippen molar-refractivity contribution >= 4 is 39.6 Å². The maximum Gasteiger partial charge on any atom is 0.274 e. The largest absolute Gasteiger partial charge is 0.354 e. The van der Waals surface area contributed by atoms with Gasteiger partial charge in [0.05, 0.1) is 10.7 Å². The predicted molar refractivity (Wildman–Crippen MR) is 120 cm³/mol. The molecule has 0 bridgehead atoms. The number of imidazole rings is 1. The molecule has 1 amide bonds. The van der Waals surface area contributed by atoms with Crippen LogP contribution in [0.15, 0.2) is 29.9 Å². The zero-order valence-corrected chi connectivity index (χ0v) is 18.4. The number of pyridine rings is 1. The smallest absolute Gasteiger partial charge is 0.274 e. The molecule has 0 spiro atoms. The number of hydrogen-bond donors (Lipinski definition) is 0. The second-order valence-corrected chi connectivity index (χ2v) is 9.22. The maximum atomic E-state index is 13.2. The Morgan fingerprint density at radius 3 is 2.60 bits per heavy atom. The number of piperazine rings is 1. The van der Waals surface area contributed by atoms with Gasteiger partial charge in [-0.05, 0) is 31.4 Å². The number of likely N-dealkylation sites (tertiary alicyclic amines) is 1. The van der Waals surface area contributed by atoms with E-state index in [0.717, 1.165) is 75.1 Å². The molecule has 2 saturated heterocycles. The van der Waals surface area contributed by atoms with Crippen molar-refractivity contribution in [2.24, 2.45) is 0 Å². The summed E-state index contributed by atoms with van der Waals surface area (Å²) in [7, 11) is 0. The first-order valence-corrected chi connectivity index (χ1v) is 11.8. The molecule has 0 atom stereocenters. The number of amides is 1. The Bertz CT molecular complexity index is 1020. The summed E-state index contributed by atoms with van der Waals surface area (Å²) in [5, 5.41) is 2.69. The number of nitrogens with zero attached hydrogens (tertiary/aromatic N) is 6. The average Bonchev–Trinajstić information content (AvgIpc) is 3.38. The molecule has 0 N–H and O–H groups in total. The van der Waals surface area contributed by atoms with Gasteiger partial charge >= 0.3 is 0 Å². The molecule has 5 heterocycles. The van der Waals surface area contributed by atoms with E-state index in [-0.39, 0.29) is 5.91 Å². The lowest BCUT2D eigenvalue weighted by atomic mass is 10.1. The average molecular weight is 445 g/mol. The molecule has 2 fully saturated rings. The summed E-state index contributed by atoms with van der Waals surface area (Å²) in [5.74, 6) is 1.05. The summed E-state index contributed by atoms with van der Waals surface area (Å²) in [4.78, 5) is 29.9. The summed E-state index contributed by atoms with van der Waals surface area (Å²) in [6, 6.07) is 3.85. The standard InChI is InChI=1S/C21H25ClN6OS/c22-16-4-5-18(23-14-16)26-10-8-25(9-11-26)15-17-19(24-21-28(17)12-13-30-21)20(29)27-6-2-1-3-7-27/h4-5,12-14H,1-3,6-11,15H2. The predicted octanol–water partition coefficient (Wildman–Crippen LogP) is 3.39. The van der Waals surface area contributed by atoms with Crippen molar-refractivity contribution in [2.75, 3.05) is 44.2 Å². The Balaban J connectivity index is 1.31. The molecular weight excluding hydrogens is 420 g/mol. The molecule has 9 heteroatoms. The third-order valence-electron chi connectivity index (χ3n) is 5.99. The van der Waals surface area contributed by atoms with Gasteiger partial charge in [-0.15, -0.1) is 11.3 Å². The van der Waals surface area contributed by atoms with Crippen LogP contribution in [0.1, 0.15) is 35.4 Å². The van der Waals surface area contributed by atoms with E-state index in [1.54, 1.807) is 17.5 Å². The van der Waals surface area contributed by atoms with Crippen LogP contribution in [0.5, 0.6) is 0 Å². The van der Waals surface area contributed by atoms with E-state index in [4.69, 9.17) is 16.6 Å². The highest BCUT2D eigenvalue weighted by atomic mass is 35.5. The fourth-order valence-corrected chi connectivity index (χ4v) is 5.15. The zero-order valence-electron chi connectivity index (χ0n) is 16.8. The first kappa shape index (κ1) is 19.8. The Labute approximate surface area is 184 Å². The van der Waals surface area contributed by atoms with Gasteiger partial charge in [0.15, 0.2) is 10.7 Å². The third kappa shape index (κ3) is 3.91. The molecule has 0 aromatic carbocycles. The number of hydrogen-bond acceptors (Lipinski definition) is 6. The van der Waals surface area contributed by atoms with Crippen LogP contribution in [0.25, 0.3) is 4.96 Å². The Hall–Kier alpha value is -2.16. The van der Waals surface area contributed by atoms with Gasteiger partial charge in [-0.25, -0.2) is 9.97 Å². The van der Waals surface area contributed by atoms with Crippen LogP contribution in [-0.2, 0) is 6.54 Å². The second-order valence-electron chi connectivity index (χ2n) is 7.91. The van der Waals surface area contributed by atoms with E-state index in [2.05, 4.69) is 19.2 Å². The first-order valence-electron chi connectivity index (χ1n) is 10.5. The quantitative estimate of drug-likeness (QED) is 0.617. The monoisotopic (exact) mass is 444 g/mol. The number of carbonyl (C=O) groups is 1. The zero-order chi connectivity index (χ0) is 20.5. The second kappa shape index (κ2) is 8.53. The molecule has 2 aliphatic heterocycles. The molecule has 5 rings (SSSR count). The van der Waals surface area contributed by atoms with Gasteiger partial charge in [-0.2, -0.15) is 0 Å². The van der Waals surface area contributed by atoms with Crippen molar-refractivity contribution in [1.29, 1.82) is 0 Å². The van der Waals surface area contributed by atoms with E-state index in [9.17, 15) is 4.79 Å². The van der Waals surface area contributed by atoms with Crippen LogP contribution in [-0.4, -0.2) is 69.3 Å². The SMILES string of the molecule is O=C(c1nc2sccn2c1CN1CCN(c2ccc(Cl)cn2)CC1)N1CCCCC1. The van der Waals surface area contributed by atoms with Gasteiger partial charge in [0.25, 0.3) is 5.91 Å². The maximum absolute atomic E-state index is 13.2. The number of halogens is 1. The van der Waals surface area contributed by atoms with Gasteiger partial charge in [0.1, 0.15) is 5.82 Å². The molecule has 7 nitrogen and oxygen atoms in total. The third-order valence-corrected chi connectivity index (χ3v) is 6.97. The van der Waals surface area contributed by atoms with Crippen molar-refractivity contribution in [3.05, 3.63) is 46.3 Å². The van der Waals surface area contributed by atoms with Crippen LogP contribution < -0.4 is 4.90 Å². The lowest BCUT2D eigenvalue weighted by Crippen LogP contribution is -2.46.